The highest BCUT2D eigenvalue weighted by Crippen LogP contribution is 2.13. The third-order valence-corrected chi connectivity index (χ3v) is 5.57. The third kappa shape index (κ3) is 10.2. The highest BCUT2D eigenvalue weighted by atomic mass is 35.5. The summed E-state index contributed by atoms with van der Waals surface area (Å²) in [7, 11) is 0. The molecule has 4 heteroatoms. The van der Waals surface area contributed by atoms with Crippen LogP contribution in [0.25, 0.3) is 0 Å². The van der Waals surface area contributed by atoms with Gasteiger partial charge in [0, 0.05) is 30.2 Å². The van der Waals surface area contributed by atoms with Crippen LogP contribution in [0, 0.1) is 0 Å². The Morgan fingerprint density at radius 3 is 2.47 bits per heavy atom. The lowest BCUT2D eigenvalue weighted by Crippen LogP contribution is -2.36. The monoisotopic (exact) mass is 451 g/mol. The Kier molecular flexibility index (Phi) is 12.3. The van der Waals surface area contributed by atoms with Crippen molar-refractivity contribution in [3.63, 3.8) is 0 Å². The van der Waals surface area contributed by atoms with Gasteiger partial charge in [-0.1, -0.05) is 86.5 Å². The molecule has 0 spiro atoms. The molecule has 172 valence electrons. The lowest BCUT2D eigenvalue weighted by atomic mass is 10.1. The summed E-state index contributed by atoms with van der Waals surface area (Å²) >= 11 is 6.02. The molecule has 1 N–H and O–H groups in total. The highest BCUT2D eigenvalue weighted by Gasteiger charge is 2.11. The predicted octanol–water partition coefficient (Wildman–Crippen LogP) is 7.04. The number of unbranched alkanes of at least 4 members (excludes halogenated alkanes) is 2. The second kappa shape index (κ2) is 15.3. The molecule has 0 atom stereocenters. The van der Waals surface area contributed by atoms with Crippen molar-refractivity contribution < 1.29 is 0 Å². The fourth-order valence-corrected chi connectivity index (χ4v) is 3.67. The van der Waals surface area contributed by atoms with Crippen LogP contribution in [0.5, 0.6) is 0 Å². The number of rotatable bonds is 15. The number of hydrogen-bond donors (Lipinski definition) is 1. The van der Waals surface area contributed by atoms with E-state index in [2.05, 4.69) is 60.6 Å². The zero-order valence-electron chi connectivity index (χ0n) is 19.5. The molecule has 0 bridgehead atoms. The van der Waals surface area contributed by atoms with E-state index in [1.165, 1.54) is 24.0 Å². The summed E-state index contributed by atoms with van der Waals surface area (Å²) in [6.45, 7) is 13.5. The molecule has 2 aromatic carbocycles. The van der Waals surface area contributed by atoms with Crippen molar-refractivity contribution in [2.24, 2.45) is 4.99 Å². The molecule has 2 rings (SSSR count). The molecule has 0 saturated heterocycles. The molecule has 3 nitrogen and oxygen atoms in total. The minimum absolute atomic E-state index is 0.656. The van der Waals surface area contributed by atoms with Crippen molar-refractivity contribution in [1.82, 2.24) is 10.2 Å². The zero-order chi connectivity index (χ0) is 23.0. The SMILES string of the molecule is C=CCN(CC(=C)NCCCc1ccccc1)/C(CCCCC)=N\Cc1ccc(Cl)cc1. The van der Waals surface area contributed by atoms with Crippen molar-refractivity contribution in [2.75, 3.05) is 19.6 Å². The Bertz CT molecular complexity index is 828. The van der Waals surface area contributed by atoms with Gasteiger partial charge in [-0.05, 0) is 42.5 Å². The van der Waals surface area contributed by atoms with E-state index in [9.17, 15) is 0 Å². The van der Waals surface area contributed by atoms with Crippen molar-refractivity contribution in [1.29, 1.82) is 0 Å². The van der Waals surface area contributed by atoms with Gasteiger partial charge in [-0.15, -0.1) is 6.58 Å². The normalized spacial score (nSPS) is 11.2. The van der Waals surface area contributed by atoms with E-state index in [1.54, 1.807) is 0 Å². The van der Waals surface area contributed by atoms with Gasteiger partial charge in [0.25, 0.3) is 0 Å². The first-order chi connectivity index (χ1) is 15.6. The average molecular weight is 452 g/mol. The number of aliphatic imine (C=N–C) groups is 1. The maximum atomic E-state index is 6.02. The zero-order valence-corrected chi connectivity index (χ0v) is 20.3. The van der Waals surface area contributed by atoms with E-state index in [1.807, 2.05) is 30.3 Å². The number of nitrogens with zero attached hydrogens (tertiary/aromatic N) is 2. The van der Waals surface area contributed by atoms with Crippen LogP contribution in [-0.4, -0.2) is 30.4 Å². The van der Waals surface area contributed by atoms with Crippen LogP contribution >= 0.6 is 11.6 Å². The van der Waals surface area contributed by atoms with Crippen LogP contribution < -0.4 is 5.32 Å². The van der Waals surface area contributed by atoms with Crippen LogP contribution in [-0.2, 0) is 13.0 Å². The summed E-state index contributed by atoms with van der Waals surface area (Å²) in [6.07, 6.45) is 8.61. The Labute approximate surface area is 199 Å². The number of aryl methyl sites for hydroxylation is 1. The van der Waals surface area contributed by atoms with Crippen molar-refractivity contribution in [2.45, 2.75) is 52.0 Å². The van der Waals surface area contributed by atoms with E-state index in [0.29, 0.717) is 6.54 Å². The van der Waals surface area contributed by atoms with Gasteiger partial charge in [-0.2, -0.15) is 0 Å². The maximum Gasteiger partial charge on any atom is 0.0999 e. The van der Waals surface area contributed by atoms with Gasteiger partial charge in [0.15, 0.2) is 0 Å². The van der Waals surface area contributed by atoms with E-state index in [4.69, 9.17) is 16.6 Å². The van der Waals surface area contributed by atoms with Crippen LogP contribution in [0.15, 0.2) is 84.5 Å². The standard InChI is InChI=1S/C28H38ClN3/c1-4-6-8-15-28(31-22-26-16-18-27(29)19-17-26)32(21-5-2)23-24(3)30-20-11-14-25-12-9-7-10-13-25/h5,7,9-10,12-13,16-19,30H,2-4,6,8,11,14-15,20-23H2,1H3/b31-28-. The van der Waals surface area contributed by atoms with E-state index < -0.39 is 0 Å². The van der Waals surface area contributed by atoms with E-state index in [-0.39, 0.29) is 0 Å². The lowest BCUT2D eigenvalue weighted by Gasteiger charge is -2.27. The summed E-state index contributed by atoms with van der Waals surface area (Å²) in [6, 6.07) is 18.5. The van der Waals surface area contributed by atoms with Gasteiger partial charge in [-0.3, -0.25) is 4.99 Å². The molecule has 0 heterocycles. The first-order valence-electron chi connectivity index (χ1n) is 11.7. The summed E-state index contributed by atoms with van der Waals surface area (Å²) in [5.74, 6) is 1.13. The van der Waals surface area contributed by atoms with Crippen LogP contribution in [0.2, 0.25) is 5.02 Å². The Hall–Kier alpha value is -2.52. The van der Waals surface area contributed by atoms with Crippen molar-refractivity contribution >= 4 is 17.4 Å². The predicted molar refractivity (Wildman–Crippen MR) is 140 cm³/mol. The summed E-state index contributed by atoms with van der Waals surface area (Å²) in [4.78, 5) is 7.28. The molecule has 32 heavy (non-hydrogen) atoms. The molecule has 0 unspecified atom stereocenters. The molecule has 0 fully saturated rings. The summed E-state index contributed by atoms with van der Waals surface area (Å²) in [5.41, 5.74) is 3.56. The molecule has 0 aliphatic rings. The average Bonchev–Trinajstić information content (AvgIpc) is 2.80. The minimum atomic E-state index is 0.656. The van der Waals surface area contributed by atoms with Crippen molar-refractivity contribution in [3.8, 4) is 0 Å². The van der Waals surface area contributed by atoms with Gasteiger partial charge < -0.3 is 10.2 Å². The number of nitrogens with one attached hydrogen (secondary N) is 1. The number of benzene rings is 2. The Morgan fingerprint density at radius 1 is 1.03 bits per heavy atom. The second-order valence-corrected chi connectivity index (χ2v) is 8.54. The molecule has 0 aromatic heterocycles. The third-order valence-electron chi connectivity index (χ3n) is 5.32. The number of hydrogen-bond acceptors (Lipinski definition) is 2. The quantitative estimate of drug-likeness (QED) is 0.136. The molecule has 2 aromatic rings. The summed E-state index contributed by atoms with van der Waals surface area (Å²) in [5, 5.41) is 4.26. The molecule has 0 aliphatic carbocycles. The topological polar surface area (TPSA) is 27.6 Å². The number of amidine groups is 1. The molecular formula is C28H38ClN3. The van der Waals surface area contributed by atoms with Crippen LogP contribution in [0.3, 0.4) is 0 Å². The molecular weight excluding hydrogens is 414 g/mol. The second-order valence-electron chi connectivity index (χ2n) is 8.10. The molecule has 0 aliphatic heterocycles. The van der Waals surface area contributed by atoms with E-state index in [0.717, 1.165) is 61.9 Å². The number of halogens is 1. The van der Waals surface area contributed by atoms with Gasteiger partial charge in [-0.25, -0.2) is 0 Å². The van der Waals surface area contributed by atoms with Gasteiger partial charge in [0.05, 0.1) is 18.9 Å². The smallest absolute Gasteiger partial charge is 0.0999 e. The van der Waals surface area contributed by atoms with Crippen LogP contribution in [0.4, 0.5) is 0 Å². The summed E-state index contributed by atoms with van der Waals surface area (Å²) < 4.78 is 0. The van der Waals surface area contributed by atoms with Crippen molar-refractivity contribution in [3.05, 3.63) is 95.7 Å². The van der Waals surface area contributed by atoms with E-state index >= 15 is 0 Å². The first kappa shape index (κ1) is 25.7. The molecule has 0 saturated carbocycles. The van der Waals surface area contributed by atoms with Gasteiger partial charge >= 0.3 is 0 Å². The van der Waals surface area contributed by atoms with Gasteiger partial charge in [0.1, 0.15) is 0 Å². The van der Waals surface area contributed by atoms with Crippen LogP contribution in [0.1, 0.15) is 50.2 Å². The largest absolute Gasteiger partial charge is 0.387 e. The molecule has 0 amide bonds. The Balaban J connectivity index is 1.94. The lowest BCUT2D eigenvalue weighted by molar-refractivity contribution is 0.466. The first-order valence-corrected chi connectivity index (χ1v) is 12.1. The fourth-order valence-electron chi connectivity index (χ4n) is 3.55. The maximum absolute atomic E-state index is 6.02. The fraction of sp³-hybridized carbons (Fsp3) is 0.393. The minimum Gasteiger partial charge on any atom is -0.387 e. The highest BCUT2D eigenvalue weighted by molar-refractivity contribution is 6.30. The molecule has 0 radical (unpaired) electrons. The Morgan fingerprint density at radius 2 is 1.78 bits per heavy atom. The van der Waals surface area contributed by atoms with Gasteiger partial charge in [0.2, 0.25) is 0 Å².